The lowest BCUT2D eigenvalue weighted by Gasteiger charge is -2.05. The molecule has 0 saturated heterocycles. The smallest absolute Gasteiger partial charge is 0.241 e. The second-order valence-corrected chi connectivity index (χ2v) is 3.16. The average molecular weight is 186 g/mol. The van der Waals surface area contributed by atoms with E-state index in [9.17, 15) is 8.78 Å². The van der Waals surface area contributed by atoms with Crippen molar-refractivity contribution < 1.29 is 8.78 Å². The molecule has 0 bridgehead atoms. The van der Waals surface area contributed by atoms with Crippen molar-refractivity contribution in [2.24, 2.45) is 0 Å². The number of halogens is 2. The van der Waals surface area contributed by atoms with Gasteiger partial charge in [0.15, 0.2) is 0 Å². The Labute approximate surface area is 76.0 Å². The van der Waals surface area contributed by atoms with Crippen molar-refractivity contribution in [3.05, 3.63) is 23.8 Å². The molecule has 0 spiro atoms. The van der Waals surface area contributed by atoms with Crippen molar-refractivity contribution in [2.45, 2.75) is 32.6 Å². The van der Waals surface area contributed by atoms with Gasteiger partial charge in [-0.05, 0) is 6.07 Å². The summed E-state index contributed by atoms with van der Waals surface area (Å²) in [5.41, 5.74) is 0.411. The van der Waals surface area contributed by atoms with Crippen molar-refractivity contribution >= 4 is 0 Å². The second-order valence-electron chi connectivity index (χ2n) is 3.16. The van der Waals surface area contributed by atoms with E-state index in [0.29, 0.717) is 11.5 Å². The minimum atomic E-state index is -2.34. The van der Waals surface area contributed by atoms with Crippen molar-refractivity contribution in [2.75, 3.05) is 0 Å². The second kappa shape index (κ2) is 4.25. The Balaban J connectivity index is 2.79. The minimum absolute atomic E-state index is 0.178. The Hall–Kier alpha value is -1.06. The van der Waals surface area contributed by atoms with Gasteiger partial charge in [-0.3, -0.25) is 0 Å². The molecular formula is C9H12F2N2. The molecular weight excluding hydrogens is 174 g/mol. The van der Waals surface area contributed by atoms with Gasteiger partial charge in [-0.2, -0.15) is 0 Å². The Morgan fingerprint density at radius 1 is 1.38 bits per heavy atom. The van der Waals surface area contributed by atoms with Gasteiger partial charge in [0.05, 0.1) is 6.42 Å². The zero-order valence-electron chi connectivity index (χ0n) is 7.67. The summed E-state index contributed by atoms with van der Waals surface area (Å²) in [7, 11) is 0. The molecule has 0 aliphatic heterocycles. The first-order chi connectivity index (χ1) is 6.09. The van der Waals surface area contributed by atoms with Crippen LogP contribution >= 0.6 is 0 Å². The summed E-state index contributed by atoms with van der Waals surface area (Å²) in [5.74, 6) is 0.802. The highest BCUT2D eigenvalue weighted by Crippen LogP contribution is 2.10. The highest BCUT2D eigenvalue weighted by molar-refractivity contribution is 5.05. The number of rotatable bonds is 3. The van der Waals surface area contributed by atoms with Crippen LogP contribution in [0.1, 0.15) is 31.3 Å². The first-order valence-electron chi connectivity index (χ1n) is 4.19. The van der Waals surface area contributed by atoms with Crippen LogP contribution < -0.4 is 0 Å². The highest BCUT2D eigenvalue weighted by atomic mass is 19.3. The fourth-order valence-corrected chi connectivity index (χ4v) is 0.963. The third-order valence-corrected chi connectivity index (χ3v) is 1.61. The fourth-order valence-electron chi connectivity index (χ4n) is 0.963. The Bertz CT molecular complexity index is 274. The summed E-state index contributed by atoms with van der Waals surface area (Å²) in [6, 6.07) is 1.53. The third kappa shape index (κ3) is 3.05. The highest BCUT2D eigenvalue weighted by Gasteiger charge is 2.08. The molecule has 0 aliphatic rings. The van der Waals surface area contributed by atoms with E-state index in [2.05, 4.69) is 9.97 Å². The van der Waals surface area contributed by atoms with E-state index >= 15 is 0 Å². The fraction of sp³-hybridized carbons (Fsp3) is 0.556. The van der Waals surface area contributed by atoms with Gasteiger partial charge < -0.3 is 0 Å². The van der Waals surface area contributed by atoms with Crippen LogP contribution in [0.5, 0.6) is 0 Å². The maximum Gasteiger partial charge on any atom is 0.244 e. The lowest BCUT2D eigenvalue weighted by Crippen LogP contribution is -2.04. The van der Waals surface area contributed by atoms with Crippen molar-refractivity contribution in [3.8, 4) is 0 Å². The molecule has 1 aromatic rings. The molecule has 4 heteroatoms. The van der Waals surface area contributed by atoms with E-state index in [1.54, 1.807) is 0 Å². The number of nitrogens with zero attached hydrogens (tertiary/aromatic N) is 2. The van der Waals surface area contributed by atoms with Crippen molar-refractivity contribution in [3.63, 3.8) is 0 Å². The molecule has 0 N–H and O–H groups in total. The van der Waals surface area contributed by atoms with Crippen LogP contribution in [-0.2, 0) is 6.42 Å². The van der Waals surface area contributed by atoms with E-state index in [1.807, 2.05) is 13.8 Å². The average Bonchev–Trinajstić information content (AvgIpc) is 2.03. The van der Waals surface area contributed by atoms with Gasteiger partial charge in [0.1, 0.15) is 5.82 Å². The topological polar surface area (TPSA) is 25.8 Å². The minimum Gasteiger partial charge on any atom is -0.241 e. The predicted octanol–water partition coefficient (Wildman–Crippen LogP) is 2.41. The van der Waals surface area contributed by atoms with Crippen LogP contribution in [0.25, 0.3) is 0 Å². The summed E-state index contributed by atoms with van der Waals surface area (Å²) < 4.78 is 24.0. The van der Waals surface area contributed by atoms with Crippen molar-refractivity contribution in [1.82, 2.24) is 9.97 Å². The van der Waals surface area contributed by atoms with Gasteiger partial charge >= 0.3 is 0 Å². The zero-order chi connectivity index (χ0) is 9.84. The van der Waals surface area contributed by atoms with Gasteiger partial charge in [0, 0.05) is 17.8 Å². The van der Waals surface area contributed by atoms with E-state index in [0.717, 1.165) is 0 Å². The summed E-state index contributed by atoms with van der Waals surface area (Å²) in [5, 5.41) is 0. The summed E-state index contributed by atoms with van der Waals surface area (Å²) in [4.78, 5) is 8.01. The zero-order valence-corrected chi connectivity index (χ0v) is 7.67. The summed E-state index contributed by atoms with van der Waals surface area (Å²) in [6.07, 6.45) is -1.10. The molecule has 0 aromatic carbocycles. The van der Waals surface area contributed by atoms with Crippen LogP contribution in [0.3, 0.4) is 0 Å². The molecule has 0 saturated carbocycles. The molecule has 1 rings (SSSR count). The molecule has 13 heavy (non-hydrogen) atoms. The van der Waals surface area contributed by atoms with Gasteiger partial charge in [0.25, 0.3) is 0 Å². The van der Waals surface area contributed by atoms with E-state index in [1.165, 1.54) is 12.3 Å². The Kier molecular flexibility index (Phi) is 3.28. The van der Waals surface area contributed by atoms with Crippen LogP contribution in [0.2, 0.25) is 0 Å². The molecule has 0 amide bonds. The summed E-state index contributed by atoms with van der Waals surface area (Å²) >= 11 is 0. The normalized spacial score (nSPS) is 11.2. The maximum absolute atomic E-state index is 12.0. The van der Waals surface area contributed by atoms with Crippen LogP contribution in [0.15, 0.2) is 12.3 Å². The number of alkyl halides is 2. The lowest BCUT2D eigenvalue weighted by atomic mass is 10.2. The van der Waals surface area contributed by atoms with Gasteiger partial charge in [0.2, 0.25) is 6.43 Å². The summed E-state index contributed by atoms with van der Waals surface area (Å²) in [6.45, 7) is 3.86. The van der Waals surface area contributed by atoms with Gasteiger partial charge in [-0.25, -0.2) is 18.7 Å². The SMILES string of the molecule is CC(C)c1nccc(CC(F)F)n1. The van der Waals surface area contributed by atoms with E-state index in [-0.39, 0.29) is 12.3 Å². The van der Waals surface area contributed by atoms with Gasteiger partial charge in [-0.1, -0.05) is 13.8 Å². The van der Waals surface area contributed by atoms with Crippen LogP contribution in [-0.4, -0.2) is 16.4 Å². The van der Waals surface area contributed by atoms with Crippen LogP contribution in [0.4, 0.5) is 8.78 Å². The molecule has 2 nitrogen and oxygen atoms in total. The third-order valence-electron chi connectivity index (χ3n) is 1.61. The van der Waals surface area contributed by atoms with E-state index in [4.69, 9.17) is 0 Å². The largest absolute Gasteiger partial charge is 0.244 e. The number of aromatic nitrogens is 2. The number of hydrogen-bond donors (Lipinski definition) is 0. The molecule has 0 aliphatic carbocycles. The monoisotopic (exact) mass is 186 g/mol. The van der Waals surface area contributed by atoms with Gasteiger partial charge in [-0.15, -0.1) is 0 Å². The maximum atomic E-state index is 12.0. The molecule has 1 aromatic heterocycles. The molecule has 72 valence electrons. The van der Waals surface area contributed by atoms with E-state index < -0.39 is 6.43 Å². The molecule has 0 unspecified atom stereocenters. The van der Waals surface area contributed by atoms with Crippen LogP contribution in [0, 0.1) is 0 Å². The number of hydrogen-bond acceptors (Lipinski definition) is 2. The lowest BCUT2D eigenvalue weighted by molar-refractivity contribution is 0.147. The first kappa shape index (κ1) is 10.0. The molecule has 0 fully saturated rings. The first-order valence-corrected chi connectivity index (χ1v) is 4.19. The molecule has 0 atom stereocenters. The standard InChI is InChI=1S/C9H12F2N2/c1-6(2)9-12-4-3-7(13-9)5-8(10)11/h3-4,6,8H,5H2,1-2H3. The quantitative estimate of drug-likeness (QED) is 0.724. The Morgan fingerprint density at radius 3 is 2.62 bits per heavy atom. The molecule has 0 radical (unpaired) electrons. The Morgan fingerprint density at radius 2 is 2.08 bits per heavy atom. The predicted molar refractivity (Wildman–Crippen MR) is 45.8 cm³/mol. The van der Waals surface area contributed by atoms with Crippen molar-refractivity contribution in [1.29, 1.82) is 0 Å². The molecule has 1 heterocycles.